The van der Waals surface area contributed by atoms with Crippen LogP contribution in [0.25, 0.3) is 0 Å². The minimum absolute atomic E-state index is 0.137. The van der Waals surface area contributed by atoms with Gasteiger partial charge in [0.05, 0.1) is 14.2 Å². The van der Waals surface area contributed by atoms with E-state index in [9.17, 15) is 4.39 Å². The quantitative estimate of drug-likeness (QED) is 0.583. The summed E-state index contributed by atoms with van der Waals surface area (Å²) in [5.41, 5.74) is 2.60. The van der Waals surface area contributed by atoms with Crippen molar-refractivity contribution in [3.8, 4) is 17.2 Å². The topological polar surface area (TPSA) is 39.7 Å². The molecular weight excluding hydrogens is 357 g/mol. The largest absolute Gasteiger partial charge is 0.497 e. The van der Waals surface area contributed by atoms with Crippen LogP contribution in [0.5, 0.6) is 17.2 Å². The highest BCUT2D eigenvalue weighted by Gasteiger charge is 2.12. The van der Waals surface area contributed by atoms with E-state index >= 15 is 0 Å². The first-order chi connectivity index (χ1) is 13.7. The van der Waals surface area contributed by atoms with E-state index in [0.29, 0.717) is 30.2 Å². The molecule has 28 heavy (non-hydrogen) atoms. The molecule has 0 bridgehead atoms. The Labute approximate surface area is 164 Å². The fourth-order valence-electron chi connectivity index (χ4n) is 2.88. The van der Waals surface area contributed by atoms with Gasteiger partial charge in [0.2, 0.25) is 0 Å². The molecule has 4 nitrogen and oxygen atoms in total. The van der Waals surface area contributed by atoms with Crippen molar-refractivity contribution in [2.24, 2.45) is 0 Å². The van der Waals surface area contributed by atoms with Crippen LogP contribution in [0.3, 0.4) is 0 Å². The first kappa shape index (κ1) is 19.7. The van der Waals surface area contributed by atoms with Crippen molar-refractivity contribution in [3.05, 3.63) is 89.2 Å². The zero-order valence-corrected chi connectivity index (χ0v) is 16.1. The van der Waals surface area contributed by atoms with E-state index < -0.39 is 0 Å². The average Bonchev–Trinajstić information content (AvgIpc) is 2.74. The smallest absolute Gasteiger partial charge is 0.166 e. The van der Waals surface area contributed by atoms with Crippen molar-refractivity contribution in [3.63, 3.8) is 0 Å². The number of methoxy groups -OCH3 is 2. The van der Waals surface area contributed by atoms with Crippen LogP contribution in [-0.2, 0) is 19.7 Å². The van der Waals surface area contributed by atoms with Crippen molar-refractivity contribution in [1.82, 2.24) is 5.32 Å². The summed E-state index contributed by atoms with van der Waals surface area (Å²) in [5.74, 6) is 1.80. The molecule has 3 aromatic rings. The fraction of sp³-hybridized carbons (Fsp3) is 0.217. The third-order valence-electron chi connectivity index (χ3n) is 4.41. The Kier molecular flexibility index (Phi) is 6.87. The van der Waals surface area contributed by atoms with Crippen LogP contribution in [0.2, 0.25) is 0 Å². The second kappa shape index (κ2) is 9.76. The van der Waals surface area contributed by atoms with Gasteiger partial charge in [0.25, 0.3) is 0 Å². The number of para-hydroxylation sites is 1. The van der Waals surface area contributed by atoms with Gasteiger partial charge in [0.1, 0.15) is 18.2 Å². The molecule has 146 valence electrons. The lowest BCUT2D eigenvalue weighted by atomic mass is 10.1. The number of nitrogens with one attached hydrogen (secondary N) is 1. The molecule has 0 radical (unpaired) electrons. The van der Waals surface area contributed by atoms with Gasteiger partial charge in [-0.3, -0.25) is 0 Å². The Balaban J connectivity index is 1.67. The number of halogens is 1. The highest BCUT2D eigenvalue weighted by Crippen LogP contribution is 2.32. The third-order valence-corrected chi connectivity index (χ3v) is 4.41. The standard InChI is InChI=1S/C23H24FNO3/c1-26-20-12-10-17(11-13-20)14-25-15-18-7-5-9-22(27-2)23(18)28-16-19-6-3-4-8-21(19)24/h3-13,25H,14-16H2,1-2H3. The molecule has 0 aliphatic rings. The van der Waals surface area contributed by atoms with Gasteiger partial charge in [0, 0.05) is 24.2 Å². The molecule has 1 N–H and O–H groups in total. The molecule has 0 spiro atoms. The lowest BCUT2D eigenvalue weighted by Crippen LogP contribution is -2.14. The Morgan fingerprint density at radius 3 is 2.25 bits per heavy atom. The predicted molar refractivity (Wildman–Crippen MR) is 107 cm³/mol. The molecule has 5 heteroatoms. The number of rotatable bonds is 9. The third kappa shape index (κ3) is 5.02. The van der Waals surface area contributed by atoms with Crippen LogP contribution < -0.4 is 19.5 Å². The average molecular weight is 381 g/mol. The minimum atomic E-state index is -0.281. The van der Waals surface area contributed by atoms with E-state index in [4.69, 9.17) is 14.2 Å². The Bertz CT molecular complexity index is 897. The number of ether oxygens (including phenoxy) is 3. The number of hydrogen-bond donors (Lipinski definition) is 1. The summed E-state index contributed by atoms with van der Waals surface area (Å²) >= 11 is 0. The maximum Gasteiger partial charge on any atom is 0.166 e. The first-order valence-corrected chi connectivity index (χ1v) is 9.07. The molecule has 0 atom stereocenters. The molecule has 0 fully saturated rings. The Hall–Kier alpha value is -3.05. The minimum Gasteiger partial charge on any atom is -0.497 e. The van der Waals surface area contributed by atoms with Gasteiger partial charge < -0.3 is 19.5 Å². The van der Waals surface area contributed by atoms with Gasteiger partial charge in [-0.15, -0.1) is 0 Å². The van der Waals surface area contributed by atoms with Gasteiger partial charge in [-0.05, 0) is 29.8 Å². The maximum atomic E-state index is 13.9. The molecule has 0 saturated heterocycles. The number of hydrogen-bond acceptors (Lipinski definition) is 4. The fourth-order valence-corrected chi connectivity index (χ4v) is 2.88. The molecule has 0 saturated carbocycles. The van der Waals surface area contributed by atoms with Crippen LogP contribution in [0.4, 0.5) is 4.39 Å². The van der Waals surface area contributed by atoms with Crippen LogP contribution >= 0.6 is 0 Å². The molecule has 0 unspecified atom stereocenters. The molecule has 3 aromatic carbocycles. The summed E-state index contributed by atoms with van der Waals surface area (Å²) in [4.78, 5) is 0. The van der Waals surface area contributed by atoms with E-state index in [1.54, 1.807) is 32.4 Å². The zero-order valence-electron chi connectivity index (χ0n) is 16.1. The van der Waals surface area contributed by atoms with E-state index in [0.717, 1.165) is 16.9 Å². The summed E-state index contributed by atoms with van der Waals surface area (Å²) in [6.45, 7) is 1.43. The SMILES string of the molecule is COc1ccc(CNCc2cccc(OC)c2OCc2ccccc2F)cc1. The highest BCUT2D eigenvalue weighted by atomic mass is 19.1. The Morgan fingerprint density at radius 1 is 0.786 bits per heavy atom. The van der Waals surface area contributed by atoms with E-state index in [2.05, 4.69) is 5.32 Å². The summed E-state index contributed by atoms with van der Waals surface area (Å²) in [5, 5.41) is 3.41. The lowest BCUT2D eigenvalue weighted by molar-refractivity contribution is 0.276. The van der Waals surface area contributed by atoms with Gasteiger partial charge in [-0.2, -0.15) is 0 Å². The lowest BCUT2D eigenvalue weighted by Gasteiger charge is -2.16. The summed E-state index contributed by atoms with van der Waals surface area (Å²) < 4.78 is 30.4. The van der Waals surface area contributed by atoms with Crippen molar-refractivity contribution < 1.29 is 18.6 Å². The van der Waals surface area contributed by atoms with E-state index in [1.165, 1.54) is 6.07 Å². The summed E-state index contributed by atoms with van der Waals surface area (Å²) in [6.07, 6.45) is 0. The predicted octanol–water partition coefficient (Wildman–Crippen LogP) is 4.71. The molecular formula is C23H24FNO3. The van der Waals surface area contributed by atoms with E-state index in [-0.39, 0.29) is 12.4 Å². The van der Waals surface area contributed by atoms with Crippen LogP contribution in [0.15, 0.2) is 66.7 Å². The second-order valence-electron chi connectivity index (χ2n) is 6.28. The van der Waals surface area contributed by atoms with Gasteiger partial charge in [-0.1, -0.05) is 42.5 Å². The zero-order chi connectivity index (χ0) is 19.8. The molecule has 0 aliphatic carbocycles. The summed E-state index contributed by atoms with van der Waals surface area (Å²) in [7, 11) is 3.25. The van der Waals surface area contributed by atoms with Crippen molar-refractivity contribution >= 4 is 0 Å². The Morgan fingerprint density at radius 2 is 1.54 bits per heavy atom. The summed E-state index contributed by atoms with van der Waals surface area (Å²) in [6, 6.07) is 20.2. The monoisotopic (exact) mass is 381 g/mol. The van der Waals surface area contributed by atoms with Crippen molar-refractivity contribution in [2.45, 2.75) is 19.7 Å². The molecule has 3 rings (SSSR count). The highest BCUT2D eigenvalue weighted by molar-refractivity contribution is 5.46. The van der Waals surface area contributed by atoms with Crippen LogP contribution in [0, 0.1) is 5.82 Å². The molecule has 0 aromatic heterocycles. The van der Waals surface area contributed by atoms with Crippen molar-refractivity contribution in [1.29, 1.82) is 0 Å². The normalized spacial score (nSPS) is 10.5. The molecule has 0 heterocycles. The number of benzene rings is 3. The molecule has 0 amide bonds. The van der Waals surface area contributed by atoms with Crippen LogP contribution in [-0.4, -0.2) is 14.2 Å². The second-order valence-corrected chi connectivity index (χ2v) is 6.28. The van der Waals surface area contributed by atoms with Gasteiger partial charge in [-0.25, -0.2) is 4.39 Å². The molecule has 0 aliphatic heterocycles. The van der Waals surface area contributed by atoms with Gasteiger partial charge >= 0.3 is 0 Å². The maximum absolute atomic E-state index is 13.9. The first-order valence-electron chi connectivity index (χ1n) is 9.07. The van der Waals surface area contributed by atoms with E-state index in [1.807, 2.05) is 42.5 Å². The van der Waals surface area contributed by atoms with Crippen LogP contribution in [0.1, 0.15) is 16.7 Å². The van der Waals surface area contributed by atoms with Gasteiger partial charge in [0.15, 0.2) is 11.5 Å². The van der Waals surface area contributed by atoms with Crippen molar-refractivity contribution in [2.75, 3.05) is 14.2 Å².